The van der Waals surface area contributed by atoms with Crippen molar-refractivity contribution in [1.82, 2.24) is 25.0 Å². The van der Waals surface area contributed by atoms with Gasteiger partial charge in [0.15, 0.2) is 5.82 Å². The minimum atomic E-state index is 0.369. The lowest BCUT2D eigenvalue weighted by atomic mass is 9.98. The number of hydrogen-bond acceptors (Lipinski definition) is 6. The van der Waals surface area contributed by atoms with E-state index >= 15 is 0 Å². The average molecular weight is 325 g/mol. The SMILES string of the molecule is Cc1nnc(NC[C@H]2CCc3nnc(C(C)C)n3C2)c(C#N)c1C. The van der Waals surface area contributed by atoms with E-state index in [9.17, 15) is 5.26 Å². The molecule has 1 N–H and O–H groups in total. The van der Waals surface area contributed by atoms with Gasteiger partial charge in [0.25, 0.3) is 0 Å². The number of nitrogens with one attached hydrogen (secondary N) is 1. The number of anilines is 1. The summed E-state index contributed by atoms with van der Waals surface area (Å²) in [5.74, 6) is 3.55. The number of fused-ring (bicyclic) bond motifs is 1. The maximum absolute atomic E-state index is 9.38. The first-order valence-electron chi connectivity index (χ1n) is 8.41. The van der Waals surface area contributed by atoms with Gasteiger partial charge in [0, 0.05) is 25.4 Å². The molecule has 24 heavy (non-hydrogen) atoms. The van der Waals surface area contributed by atoms with Crippen LogP contribution in [0.1, 0.15) is 54.7 Å². The topological polar surface area (TPSA) is 92.3 Å². The Hall–Kier alpha value is -2.49. The third-order valence-corrected chi connectivity index (χ3v) is 4.71. The molecule has 3 rings (SSSR count). The zero-order chi connectivity index (χ0) is 17.3. The van der Waals surface area contributed by atoms with Crippen LogP contribution in [0.15, 0.2) is 0 Å². The van der Waals surface area contributed by atoms with E-state index < -0.39 is 0 Å². The molecule has 2 aromatic rings. The van der Waals surface area contributed by atoms with Crippen LogP contribution in [0.4, 0.5) is 5.82 Å². The van der Waals surface area contributed by atoms with E-state index in [1.165, 1.54) is 0 Å². The van der Waals surface area contributed by atoms with Crippen LogP contribution in [0.2, 0.25) is 0 Å². The third-order valence-electron chi connectivity index (χ3n) is 4.71. The van der Waals surface area contributed by atoms with Crippen LogP contribution < -0.4 is 5.32 Å². The van der Waals surface area contributed by atoms with Gasteiger partial charge < -0.3 is 9.88 Å². The second-order valence-corrected chi connectivity index (χ2v) is 6.77. The average Bonchev–Trinajstić information content (AvgIpc) is 2.99. The molecule has 0 saturated carbocycles. The van der Waals surface area contributed by atoms with Gasteiger partial charge in [-0.25, -0.2) is 0 Å². The van der Waals surface area contributed by atoms with Crippen LogP contribution in [-0.4, -0.2) is 31.5 Å². The second kappa shape index (κ2) is 6.56. The number of hydrogen-bond donors (Lipinski definition) is 1. The van der Waals surface area contributed by atoms with Crippen molar-refractivity contribution in [3.8, 4) is 6.07 Å². The van der Waals surface area contributed by atoms with Crippen molar-refractivity contribution in [2.45, 2.75) is 53.0 Å². The van der Waals surface area contributed by atoms with E-state index in [2.05, 4.69) is 50.2 Å². The normalized spacial score (nSPS) is 16.8. The predicted octanol–water partition coefficient (Wildman–Crippen LogP) is 2.35. The molecular weight excluding hydrogens is 302 g/mol. The van der Waals surface area contributed by atoms with Gasteiger partial charge in [-0.15, -0.1) is 15.3 Å². The standard InChI is InChI=1S/C17H23N7/c1-10(2)17-23-21-15-6-5-13(9-24(15)17)8-19-16-14(7-18)11(3)12(4)20-22-16/h10,13H,5-6,8-9H2,1-4H3,(H,19,22)/t13-/m1/s1. The number of nitriles is 1. The van der Waals surface area contributed by atoms with Crippen molar-refractivity contribution in [3.05, 3.63) is 28.5 Å². The lowest BCUT2D eigenvalue weighted by molar-refractivity contribution is 0.371. The maximum Gasteiger partial charge on any atom is 0.166 e. The summed E-state index contributed by atoms with van der Waals surface area (Å²) in [7, 11) is 0. The first-order chi connectivity index (χ1) is 11.5. The van der Waals surface area contributed by atoms with Crippen LogP contribution in [0, 0.1) is 31.1 Å². The van der Waals surface area contributed by atoms with Crippen LogP contribution in [0.25, 0.3) is 0 Å². The Morgan fingerprint density at radius 2 is 2.04 bits per heavy atom. The van der Waals surface area contributed by atoms with E-state index in [0.717, 1.165) is 48.8 Å². The molecule has 0 amide bonds. The van der Waals surface area contributed by atoms with Gasteiger partial charge in [-0.05, 0) is 31.7 Å². The Bertz CT molecular complexity index is 785. The summed E-state index contributed by atoms with van der Waals surface area (Å²) >= 11 is 0. The van der Waals surface area contributed by atoms with E-state index in [0.29, 0.717) is 23.2 Å². The molecule has 1 aliphatic heterocycles. The highest BCUT2D eigenvalue weighted by Gasteiger charge is 2.24. The quantitative estimate of drug-likeness (QED) is 0.927. The Labute approximate surface area is 142 Å². The van der Waals surface area contributed by atoms with E-state index in [1.807, 2.05) is 13.8 Å². The van der Waals surface area contributed by atoms with Crippen molar-refractivity contribution in [2.24, 2.45) is 5.92 Å². The van der Waals surface area contributed by atoms with Gasteiger partial charge in [0.2, 0.25) is 0 Å². The fourth-order valence-corrected chi connectivity index (χ4v) is 3.12. The zero-order valence-electron chi connectivity index (χ0n) is 14.7. The Kier molecular flexibility index (Phi) is 4.47. The van der Waals surface area contributed by atoms with Gasteiger partial charge in [-0.1, -0.05) is 13.8 Å². The highest BCUT2D eigenvalue weighted by Crippen LogP contribution is 2.24. The Morgan fingerprint density at radius 3 is 2.75 bits per heavy atom. The first kappa shape index (κ1) is 16.4. The molecule has 0 radical (unpaired) electrons. The van der Waals surface area contributed by atoms with Crippen LogP contribution in [0.5, 0.6) is 0 Å². The van der Waals surface area contributed by atoms with E-state index in [-0.39, 0.29) is 0 Å². The minimum absolute atomic E-state index is 0.369. The lowest BCUT2D eigenvalue weighted by Crippen LogP contribution is -2.28. The van der Waals surface area contributed by atoms with Crippen molar-refractivity contribution in [3.63, 3.8) is 0 Å². The maximum atomic E-state index is 9.38. The van der Waals surface area contributed by atoms with Gasteiger partial charge in [-0.2, -0.15) is 10.4 Å². The molecule has 3 heterocycles. The predicted molar refractivity (Wildman–Crippen MR) is 90.6 cm³/mol. The van der Waals surface area contributed by atoms with Crippen molar-refractivity contribution in [1.29, 1.82) is 5.26 Å². The van der Waals surface area contributed by atoms with Gasteiger partial charge in [0.05, 0.1) is 5.69 Å². The zero-order valence-corrected chi connectivity index (χ0v) is 14.7. The molecule has 1 aliphatic rings. The van der Waals surface area contributed by atoms with E-state index in [1.54, 1.807) is 0 Å². The summed E-state index contributed by atoms with van der Waals surface area (Å²) in [5, 5.41) is 29.6. The highest BCUT2D eigenvalue weighted by atomic mass is 15.3. The fourth-order valence-electron chi connectivity index (χ4n) is 3.12. The van der Waals surface area contributed by atoms with Gasteiger partial charge in [0.1, 0.15) is 23.3 Å². The Balaban J connectivity index is 1.72. The Morgan fingerprint density at radius 1 is 1.25 bits per heavy atom. The van der Waals surface area contributed by atoms with Gasteiger partial charge >= 0.3 is 0 Å². The summed E-state index contributed by atoms with van der Waals surface area (Å²) in [4.78, 5) is 0. The second-order valence-electron chi connectivity index (χ2n) is 6.77. The fraction of sp³-hybridized carbons (Fsp3) is 0.588. The summed E-state index contributed by atoms with van der Waals surface area (Å²) < 4.78 is 2.25. The summed E-state index contributed by atoms with van der Waals surface area (Å²) in [6.07, 6.45) is 2.00. The summed E-state index contributed by atoms with van der Waals surface area (Å²) in [6.45, 7) is 9.73. The molecule has 126 valence electrons. The molecule has 0 fully saturated rings. The number of rotatable bonds is 4. The number of aryl methyl sites for hydroxylation is 2. The molecule has 0 unspecified atom stereocenters. The number of nitrogens with zero attached hydrogens (tertiary/aromatic N) is 6. The van der Waals surface area contributed by atoms with Gasteiger partial charge in [-0.3, -0.25) is 0 Å². The first-order valence-corrected chi connectivity index (χ1v) is 8.41. The molecule has 0 aliphatic carbocycles. The van der Waals surface area contributed by atoms with Crippen molar-refractivity contribution < 1.29 is 0 Å². The summed E-state index contributed by atoms with van der Waals surface area (Å²) in [6, 6.07) is 2.24. The monoisotopic (exact) mass is 325 g/mol. The van der Waals surface area contributed by atoms with Crippen molar-refractivity contribution >= 4 is 5.82 Å². The molecule has 0 bridgehead atoms. The van der Waals surface area contributed by atoms with Crippen molar-refractivity contribution in [2.75, 3.05) is 11.9 Å². The molecular formula is C17H23N7. The molecule has 0 spiro atoms. The van der Waals surface area contributed by atoms with E-state index in [4.69, 9.17) is 0 Å². The highest BCUT2D eigenvalue weighted by molar-refractivity contribution is 5.55. The van der Waals surface area contributed by atoms with Crippen LogP contribution >= 0.6 is 0 Å². The molecule has 0 aromatic carbocycles. The molecule has 2 aromatic heterocycles. The number of aromatic nitrogens is 5. The van der Waals surface area contributed by atoms with Crippen LogP contribution in [0.3, 0.4) is 0 Å². The molecule has 7 heteroatoms. The van der Waals surface area contributed by atoms with Crippen LogP contribution in [-0.2, 0) is 13.0 Å². The third kappa shape index (κ3) is 2.96. The molecule has 7 nitrogen and oxygen atoms in total. The minimum Gasteiger partial charge on any atom is -0.367 e. The summed E-state index contributed by atoms with van der Waals surface area (Å²) in [5.41, 5.74) is 2.28. The smallest absolute Gasteiger partial charge is 0.166 e. The largest absolute Gasteiger partial charge is 0.367 e. The molecule has 0 saturated heterocycles. The lowest BCUT2D eigenvalue weighted by Gasteiger charge is -2.25. The molecule has 1 atom stereocenters.